The van der Waals surface area contributed by atoms with Gasteiger partial charge in [0.15, 0.2) is 10.9 Å². The number of ketones is 1. The topological polar surface area (TPSA) is 118 Å². The molecule has 0 spiro atoms. The minimum atomic E-state index is -0.390. The summed E-state index contributed by atoms with van der Waals surface area (Å²) in [6, 6.07) is 13.4. The van der Waals surface area contributed by atoms with Gasteiger partial charge in [0.05, 0.1) is 5.75 Å². The fraction of sp³-hybridized carbons (Fsp3) is 0.0476. The third kappa shape index (κ3) is 6.14. The monoisotopic (exact) mass is 424 g/mol. The van der Waals surface area contributed by atoms with Gasteiger partial charge in [-0.2, -0.15) is 0 Å². The third-order valence-corrected chi connectivity index (χ3v) is 4.70. The Morgan fingerprint density at radius 2 is 1.83 bits per heavy atom. The highest BCUT2D eigenvalue weighted by Crippen LogP contribution is 2.15. The van der Waals surface area contributed by atoms with E-state index in [1.54, 1.807) is 42.5 Å². The fourth-order valence-electron chi connectivity index (χ4n) is 2.41. The molecule has 0 radical (unpaired) electrons. The van der Waals surface area contributed by atoms with E-state index >= 15 is 0 Å². The molecule has 3 rings (SSSR count). The maximum absolute atomic E-state index is 12.9. The van der Waals surface area contributed by atoms with Crippen LogP contribution in [0, 0.1) is 5.82 Å². The zero-order valence-electron chi connectivity index (χ0n) is 15.6. The number of nitrogens with zero attached hydrogens (tertiary/aromatic N) is 1. The SMILES string of the molecule is Nc1cc(=O)[nH]c(SCC(=O)Nc2ccc(C(=O)/C=C/c3ccc(F)cc3)cc2)n1. The summed E-state index contributed by atoms with van der Waals surface area (Å²) in [6.07, 6.45) is 3.00. The van der Waals surface area contributed by atoms with Crippen molar-refractivity contribution in [1.82, 2.24) is 9.97 Å². The number of rotatable bonds is 7. The number of halogens is 1. The Bertz CT molecular complexity index is 1140. The van der Waals surface area contributed by atoms with E-state index in [0.717, 1.165) is 17.8 Å². The summed E-state index contributed by atoms with van der Waals surface area (Å²) in [5.41, 5.74) is 6.79. The molecule has 4 N–H and O–H groups in total. The van der Waals surface area contributed by atoms with E-state index in [1.807, 2.05) is 0 Å². The second kappa shape index (κ2) is 9.66. The van der Waals surface area contributed by atoms with Gasteiger partial charge in [0.25, 0.3) is 5.56 Å². The van der Waals surface area contributed by atoms with Crippen LogP contribution in [0.2, 0.25) is 0 Å². The molecule has 7 nitrogen and oxygen atoms in total. The minimum Gasteiger partial charge on any atom is -0.383 e. The number of hydrogen-bond acceptors (Lipinski definition) is 6. The van der Waals surface area contributed by atoms with Gasteiger partial charge in [-0.1, -0.05) is 30.0 Å². The van der Waals surface area contributed by atoms with Crippen LogP contribution in [-0.4, -0.2) is 27.4 Å². The number of hydrogen-bond donors (Lipinski definition) is 3. The normalized spacial score (nSPS) is 10.8. The fourth-order valence-corrected chi connectivity index (χ4v) is 3.10. The molecule has 0 aliphatic carbocycles. The van der Waals surface area contributed by atoms with Crippen molar-refractivity contribution in [1.29, 1.82) is 0 Å². The highest BCUT2D eigenvalue weighted by Gasteiger charge is 2.07. The van der Waals surface area contributed by atoms with E-state index < -0.39 is 0 Å². The molecule has 9 heteroatoms. The number of nitrogens with two attached hydrogens (primary N) is 1. The van der Waals surface area contributed by atoms with Crippen LogP contribution in [0.3, 0.4) is 0 Å². The summed E-state index contributed by atoms with van der Waals surface area (Å²) >= 11 is 1.04. The molecule has 1 aromatic heterocycles. The first-order chi connectivity index (χ1) is 14.4. The molecule has 0 unspecified atom stereocenters. The van der Waals surface area contributed by atoms with Crippen molar-refractivity contribution < 1.29 is 14.0 Å². The summed E-state index contributed by atoms with van der Waals surface area (Å²) in [5.74, 6) is -0.764. The molecule has 3 aromatic rings. The van der Waals surface area contributed by atoms with Crippen LogP contribution >= 0.6 is 11.8 Å². The second-order valence-electron chi connectivity index (χ2n) is 6.14. The van der Waals surface area contributed by atoms with E-state index in [9.17, 15) is 18.8 Å². The van der Waals surface area contributed by atoms with Crippen LogP contribution in [0.15, 0.2) is 70.6 Å². The molecule has 2 aromatic carbocycles. The molecule has 0 aliphatic heterocycles. The van der Waals surface area contributed by atoms with Gasteiger partial charge in [-0.15, -0.1) is 0 Å². The van der Waals surface area contributed by atoms with Crippen LogP contribution in [0.4, 0.5) is 15.9 Å². The number of nitrogens with one attached hydrogen (secondary N) is 2. The lowest BCUT2D eigenvalue weighted by Gasteiger charge is -2.06. The second-order valence-corrected chi connectivity index (χ2v) is 7.10. The molecular formula is C21H17FN4O3S. The Kier molecular flexibility index (Phi) is 6.76. The van der Waals surface area contributed by atoms with E-state index in [4.69, 9.17) is 5.73 Å². The first-order valence-electron chi connectivity index (χ1n) is 8.76. The van der Waals surface area contributed by atoms with Crippen molar-refractivity contribution in [3.63, 3.8) is 0 Å². The summed E-state index contributed by atoms with van der Waals surface area (Å²) in [7, 11) is 0. The standard InChI is InChI=1S/C21H17FN4O3S/c22-15-6-1-13(2-7-15)3-10-17(27)14-4-8-16(9-5-14)24-20(29)12-30-21-25-18(23)11-19(28)26-21/h1-11H,12H2,(H,24,29)(H3,23,25,26,28)/b10-3+. The summed E-state index contributed by atoms with van der Waals surface area (Å²) in [4.78, 5) is 42.1. The summed E-state index contributed by atoms with van der Waals surface area (Å²) in [6.45, 7) is 0. The van der Waals surface area contributed by atoms with E-state index in [1.165, 1.54) is 18.2 Å². The Morgan fingerprint density at radius 3 is 2.50 bits per heavy atom. The molecule has 0 atom stereocenters. The van der Waals surface area contributed by atoms with Gasteiger partial charge in [0, 0.05) is 17.3 Å². The van der Waals surface area contributed by atoms with Gasteiger partial charge in [-0.05, 0) is 48.0 Å². The van der Waals surface area contributed by atoms with Gasteiger partial charge >= 0.3 is 0 Å². The van der Waals surface area contributed by atoms with Gasteiger partial charge in [-0.25, -0.2) is 9.37 Å². The molecule has 0 fully saturated rings. The lowest BCUT2D eigenvalue weighted by atomic mass is 10.1. The number of carbonyl (C=O) groups is 2. The van der Waals surface area contributed by atoms with Crippen molar-refractivity contribution in [3.8, 4) is 0 Å². The average Bonchev–Trinajstić information content (AvgIpc) is 2.71. The first-order valence-corrected chi connectivity index (χ1v) is 9.75. The zero-order chi connectivity index (χ0) is 21.5. The van der Waals surface area contributed by atoms with Crippen molar-refractivity contribution in [3.05, 3.63) is 88.0 Å². The first kappa shape index (κ1) is 21.0. The molecule has 1 heterocycles. The average molecular weight is 424 g/mol. The number of carbonyl (C=O) groups excluding carboxylic acids is 2. The quantitative estimate of drug-likeness (QED) is 0.232. The summed E-state index contributed by atoms with van der Waals surface area (Å²) in [5, 5.41) is 2.95. The number of amides is 1. The predicted molar refractivity (Wildman–Crippen MR) is 115 cm³/mol. The van der Waals surface area contributed by atoms with Crippen LogP contribution in [0.1, 0.15) is 15.9 Å². The van der Waals surface area contributed by atoms with Crippen LogP contribution < -0.4 is 16.6 Å². The van der Waals surface area contributed by atoms with Crippen molar-refractivity contribution in [2.45, 2.75) is 5.16 Å². The lowest BCUT2D eigenvalue weighted by Crippen LogP contribution is -2.15. The summed E-state index contributed by atoms with van der Waals surface area (Å²) < 4.78 is 12.9. The van der Waals surface area contributed by atoms with Gasteiger partial charge in [-0.3, -0.25) is 14.4 Å². The van der Waals surface area contributed by atoms with Crippen LogP contribution in [-0.2, 0) is 4.79 Å². The maximum atomic E-state index is 12.9. The van der Waals surface area contributed by atoms with E-state index in [2.05, 4.69) is 15.3 Å². The Labute approximate surface area is 175 Å². The van der Waals surface area contributed by atoms with Crippen molar-refractivity contribution in [2.24, 2.45) is 0 Å². The van der Waals surface area contributed by atoms with E-state index in [-0.39, 0.29) is 39.8 Å². The molecule has 30 heavy (non-hydrogen) atoms. The zero-order valence-corrected chi connectivity index (χ0v) is 16.4. The number of anilines is 2. The number of thioether (sulfide) groups is 1. The molecule has 0 aliphatic rings. The Balaban J connectivity index is 1.54. The number of allylic oxidation sites excluding steroid dienone is 1. The number of H-pyrrole nitrogens is 1. The number of benzene rings is 2. The van der Waals surface area contributed by atoms with Crippen molar-refractivity contribution in [2.75, 3.05) is 16.8 Å². The Morgan fingerprint density at radius 1 is 1.13 bits per heavy atom. The molecule has 0 saturated heterocycles. The highest BCUT2D eigenvalue weighted by atomic mass is 32.2. The van der Waals surface area contributed by atoms with Crippen LogP contribution in [0.5, 0.6) is 0 Å². The minimum absolute atomic E-state index is 0.0213. The van der Waals surface area contributed by atoms with Crippen molar-refractivity contribution >= 4 is 41.0 Å². The number of aromatic amines is 1. The molecule has 0 bridgehead atoms. The lowest BCUT2D eigenvalue weighted by molar-refractivity contribution is -0.113. The molecular weight excluding hydrogens is 407 g/mol. The van der Waals surface area contributed by atoms with E-state index in [0.29, 0.717) is 16.8 Å². The number of nitrogen functional groups attached to an aromatic ring is 1. The van der Waals surface area contributed by atoms with Gasteiger partial charge < -0.3 is 16.0 Å². The van der Waals surface area contributed by atoms with Crippen LogP contribution in [0.25, 0.3) is 6.08 Å². The molecule has 152 valence electrons. The van der Waals surface area contributed by atoms with Gasteiger partial charge in [0.2, 0.25) is 5.91 Å². The molecule has 1 amide bonds. The highest BCUT2D eigenvalue weighted by molar-refractivity contribution is 7.99. The maximum Gasteiger partial charge on any atom is 0.253 e. The third-order valence-electron chi connectivity index (χ3n) is 3.83. The number of aromatic nitrogens is 2. The largest absolute Gasteiger partial charge is 0.383 e. The predicted octanol–water partition coefficient (Wildman–Crippen LogP) is 3.12. The smallest absolute Gasteiger partial charge is 0.253 e. The van der Waals surface area contributed by atoms with Gasteiger partial charge in [0.1, 0.15) is 11.6 Å². The molecule has 0 saturated carbocycles. The Hall–Kier alpha value is -3.72.